The Morgan fingerprint density at radius 3 is 2.23 bits per heavy atom. The summed E-state index contributed by atoms with van der Waals surface area (Å²) in [6.45, 7) is 1.87. The minimum atomic E-state index is -0.692. The number of rotatable bonds is 13. The van der Waals surface area contributed by atoms with Crippen molar-refractivity contribution in [2.24, 2.45) is 0 Å². The molecule has 0 aliphatic carbocycles. The van der Waals surface area contributed by atoms with E-state index in [1.54, 1.807) is 6.08 Å². The summed E-state index contributed by atoms with van der Waals surface area (Å²) in [5, 5.41) is 19.5. The van der Waals surface area contributed by atoms with Crippen molar-refractivity contribution in [2.45, 2.75) is 71.1 Å². The SMILES string of the molecule is CC/C([O-])=C\C/C=C\C/C=C\CCCCCCCC(=O)O.[K+]. The maximum Gasteiger partial charge on any atom is 1.00 e. The largest absolute Gasteiger partial charge is 1.00 e. The van der Waals surface area contributed by atoms with E-state index in [1.165, 1.54) is 12.8 Å². The van der Waals surface area contributed by atoms with Gasteiger partial charge >= 0.3 is 57.4 Å². The van der Waals surface area contributed by atoms with E-state index in [4.69, 9.17) is 5.11 Å². The molecule has 0 aromatic carbocycles. The van der Waals surface area contributed by atoms with E-state index in [9.17, 15) is 9.90 Å². The molecule has 1 N–H and O–H groups in total. The minimum absolute atomic E-state index is 0. The third-order valence-electron chi connectivity index (χ3n) is 3.20. The van der Waals surface area contributed by atoms with Gasteiger partial charge in [-0.1, -0.05) is 56.6 Å². The van der Waals surface area contributed by atoms with E-state index < -0.39 is 5.97 Å². The van der Waals surface area contributed by atoms with Crippen LogP contribution >= 0.6 is 0 Å². The third kappa shape index (κ3) is 20.1. The van der Waals surface area contributed by atoms with Crippen LogP contribution in [0.15, 0.2) is 36.1 Å². The van der Waals surface area contributed by atoms with Crippen molar-refractivity contribution < 1.29 is 66.4 Å². The minimum Gasteiger partial charge on any atom is -0.876 e. The smallest absolute Gasteiger partial charge is 0.876 e. The van der Waals surface area contributed by atoms with Crippen molar-refractivity contribution in [3.05, 3.63) is 36.1 Å². The Hall–Kier alpha value is 0.126. The molecule has 0 aromatic rings. The van der Waals surface area contributed by atoms with E-state index in [1.807, 2.05) is 13.0 Å². The van der Waals surface area contributed by atoms with Gasteiger partial charge in [0, 0.05) is 6.42 Å². The van der Waals surface area contributed by atoms with Gasteiger partial charge in [0.15, 0.2) is 0 Å². The van der Waals surface area contributed by atoms with Gasteiger partial charge in [-0.25, -0.2) is 0 Å². The molecule has 0 bridgehead atoms. The van der Waals surface area contributed by atoms with Gasteiger partial charge in [-0.2, -0.15) is 0 Å². The number of unbranched alkanes of at least 4 members (excludes halogenated alkanes) is 5. The van der Waals surface area contributed by atoms with Crippen LogP contribution in [0.1, 0.15) is 71.1 Å². The number of carboxylic acids is 1. The summed E-state index contributed by atoms with van der Waals surface area (Å²) in [5.74, 6) is -0.485. The molecule has 0 amide bonds. The second kappa shape index (κ2) is 19.2. The fourth-order valence-electron chi connectivity index (χ4n) is 1.90. The summed E-state index contributed by atoms with van der Waals surface area (Å²) >= 11 is 0. The molecule has 0 heterocycles. The van der Waals surface area contributed by atoms with Gasteiger partial charge < -0.3 is 10.2 Å². The molecule has 0 aliphatic rings. The summed E-state index contributed by atoms with van der Waals surface area (Å²) in [6, 6.07) is 0. The Balaban J connectivity index is 0. The second-order valence-electron chi connectivity index (χ2n) is 5.14. The average Bonchev–Trinajstić information content (AvgIpc) is 2.46. The van der Waals surface area contributed by atoms with Gasteiger partial charge in [-0.05, 0) is 38.5 Å². The number of carboxylic acid groups (broad SMARTS) is 1. The number of hydrogen-bond donors (Lipinski definition) is 1. The Kier molecular flexibility index (Phi) is 21.2. The number of carbonyl (C=O) groups is 1. The van der Waals surface area contributed by atoms with Gasteiger partial charge in [0.1, 0.15) is 0 Å². The number of hydrogen-bond acceptors (Lipinski definition) is 2. The summed E-state index contributed by atoms with van der Waals surface area (Å²) < 4.78 is 0. The van der Waals surface area contributed by atoms with E-state index >= 15 is 0 Å². The molecule has 4 heteroatoms. The molecule has 0 saturated carbocycles. The molecule has 0 saturated heterocycles. The van der Waals surface area contributed by atoms with E-state index in [2.05, 4.69) is 18.2 Å². The molecule has 0 aromatic heterocycles. The summed E-state index contributed by atoms with van der Waals surface area (Å²) in [6.07, 6.45) is 19.1. The van der Waals surface area contributed by atoms with Crippen molar-refractivity contribution in [3.63, 3.8) is 0 Å². The van der Waals surface area contributed by atoms with Crippen LogP contribution in [0.3, 0.4) is 0 Å². The Morgan fingerprint density at radius 1 is 0.955 bits per heavy atom. The molecule has 120 valence electrons. The van der Waals surface area contributed by atoms with Crippen LogP contribution in [-0.2, 0) is 4.79 Å². The maximum absolute atomic E-state index is 11.0. The first-order chi connectivity index (χ1) is 10.2. The van der Waals surface area contributed by atoms with Crippen LogP contribution in [0.5, 0.6) is 0 Å². The molecule has 0 radical (unpaired) electrons. The first kappa shape index (κ1) is 24.4. The van der Waals surface area contributed by atoms with Crippen LogP contribution < -0.4 is 56.5 Å². The van der Waals surface area contributed by atoms with Gasteiger partial charge in [0.2, 0.25) is 0 Å². The molecule has 0 rings (SSSR count). The van der Waals surface area contributed by atoms with Crippen molar-refractivity contribution in [2.75, 3.05) is 0 Å². The number of aliphatic carboxylic acids is 1. The van der Waals surface area contributed by atoms with Gasteiger partial charge in [-0.3, -0.25) is 4.79 Å². The number of allylic oxidation sites excluding steroid dienone is 6. The van der Waals surface area contributed by atoms with Gasteiger partial charge in [0.05, 0.1) is 0 Å². The molecule has 0 spiro atoms. The van der Waals surface area contributed by atoms with Crippen LogP contribution in [0.25, 0.3) is 0 Å². The topological polar surface area (TPSA) is 60.4 Å². The first-order valence-electron chi connectivity index (χ1n) is 8.04. The Morgan fingerprint density at radius 2 is 1.55 bits per heavy atom. The maximum atomic E-state index is 11.0. The summed E-state index contributed by atoms with van der Waals surface area (Å²) in [7, 11) is 0. The molecule has 0 fully saturated rings. The van der Waals surface area contributed by atoms with Gasteiger partial charge in [0.25, 0.3) is 0 Å². The zero-order valence-corrected chi connectivity index (χ0v) is 17.3. The predicted octanol–water partition coefficient (Wildman–Crippen LogP) is 1.35. The first-order valence-corrected chi connectivity index (χ1v) is 8.04. The fraction of sp³-hybridized carbons (Fsp3) is 0.611. The Labute approximate surface area is 178 Å². The monoisotopic (exact) mass is 332 g/mol. The standard InChI is InChI=1S/C18H30O3.K/c1-2-17(19)15-13-11-9-7-5-3-4-6-8-10-12-14-16-18(20)21;/h3,5,9,11,15,19H,2,4,6-8,10,12-14,16H2,1H3,(H,20,21);/q;+1/p-1/b5-3-,11-9-,17-15+;. The molecule has 0 atom stereocenters. The van der Waals surface area contributed by atoms with Crippen molar-refractivity contribution in [1.29, 1.82) is 0 Å². The van der Waals surface area contributed by atoms with Crippen molar-refractivity contribution >= 4 is 5.97 Å². The molecular formula is C18H29KO3. The average molecular weight is 333 g/mol. The summed E-state index contributed by atoms with van der Waals surface area (Å²) in [4.78, 5) is 10.3. The van der Waals surface area contributed by atoms with Crippen LogP contribution in [0.4, 0.5) is 0 Å². The van der Waals surface area contributed by atoms with E-state index in [0.717, 1.165) is 38.5 Å². The fourth-order valence-corrected chi connectivity index (χ4v) is 1.90. The zero-order valence-electron chi connectivity index (χ0n) is 14.2. The third-order valence-corrected chi connectivity index (χ3v) is 3.20. The van der Waals surface area contributed by atoms with Crippen molar-refractivity contribution in [1.82, 2.24) is 0 Å². The normalized spacial score (nSPS) is 12.0. The summed E-state index contributed by atoms with van der Waals surface area (Å²) in [5.41, 5.74) is 0. The second-order valence-corrected chi connectivity index (χ2v) is 5.14. The molecular weight excluding hydrogens is 303 g/mol. The van der Waals surface area contributed by atoms with Crippen LogP contribution in [0, 0.1) is 0 Å². The van der Waals surface area contributed by atoms with Crippen LogP contribution in [0.2, 0.25) is 0 Å². The predicted molar refractivity (Wildman–Crippen MR) is 85.8 cm³/mol. The van der Waals surface area contributed by atoms with Crippen molar-refractivity contribution in [3.8, 4) is 0 Å². The van der Waals surface area contributed by atoms with E-state index in [0.29, 0.717) is 12.8 Å². The molecule has 3 nitrogen and oxygen atoms in total. The zero-order chi connectivity index (χ0) is 15.8. The quantitative estimate of drug-likeness (QED) is 0.240. The molecule has 22 heavy (non-hydrogen) atoms. The van der Waals surface area contributed by atoms with Gasteiger partial charge in [-0.15, -0.1) is 5.76 Å². The molecule has 0 aliphatic heterocycles. The van der Waals surface area contributed by atoms with E-state index in [-0.39, 0.29) is 57.1 Å². The Bertz CT molecular complexity index is 346. The van der Waals surface area contributed by atoms with Crippen LogP contribution in [-0.4, -0.2) is 11.1 Å². The molecule has 0 unspecified atom stereocenters.